The highest BCUT2D eigenvalue weighted by atomic mass is 16.5. The van der Waals surface area contributed by atoms with Crippen molar-refractivity contribution in [2.75, 3.05) is 33.4 Å². The van der Waals surface area contributed by atoms with Gasteiger partial charge in [0.25, 0.3) is 0 Å². The smallest absolute Gasteiger partial charge is 0.160 e. The average Bonchev–Trinajstić information content (AvgIpc) is 3.51. The van der Waals surface area contributed by atoms with E-state index in [-0.39, 0.29) is 0 Å². The van der Waals surface area contributed by atoms with Gasteiger partial charge in [0.1, 0.15) is 5.69 Å². The lowest BCUT2D eigenvalue weighted by Crippen LogP contribution is -2.31. The zero-order chi connectivity index (χ0) is 23.9. The number of piperidine rings is 1. The maximum absolute atomic E-state index is 5.57. The van der Waals surface area contributed by atoms with Crippen LogP contribution in [0.3, 0.4) is 0 Å². The topological polar surface area (TPSA) is 84.8 Å². The molecule has 8 nitrogen and oxygen atoms in total. The first kappa shape index (κ1) is 22.4. The highest BCUT2D eigenvalue weighted by molar-refractivity contribution is 5.94. The van der Waals surface area contributed by atoms with Crippen molar-refractivity contribution in [2.24, 2.45) is 0 Å². The summed E-state index contributed by atoms with van der Waals surface area (Å²) in [6.07, 6.45) is 10.5. The maximum atomic E-state index is 5.57. The Hall–Kier alpha value is -3.10. The molecular weight excluding hydrogens is 438 g/mol. The monoisotopic (exact) mass is 471 g/mol. The third kappa shape index (κ3) is 4.25. The SMILES string of the molecule is Cc1cc(-c2cc3c(-c4cnn(C5CCN(C)CC5)c4)c[nH]c3nn2)nc(C)c1C1CCOCC1. The fourth-order valence-corrected chi connectivity index (χ4v) is 5.80. The fourth-order valence-electron chi connectivity index (χ4n) is 5.80. The molecule has 8 heteroatoms. The van der Waals surface area contributed by atoms with Crippen LogP contribution in [0.4, 0.5) is 0 Å². The van der Waals surface area contributed by atoms with Gasteiger partial charge in [-0.3, -0.25) is 9.67 Å². The minimum absolute atomic E-state index is 0.463. The standard InChI is InChI=1S/C27H33N7O/c1-17-12-24(30-18(2)26(17)19-6-10-35-11-7-19)25-13-22-23(15-28-27(22)32-31-25)20-14-29-34(16-20)21-4-8-33(3)9-5-21/h12-16,19,21H,4-11H2,1-3H3,(H,28,32). The lowest BCUT2D eigenvalue weighted by Gasteiger charge is -2.28. The summed E-state index contributed by atoms with van der Waals surface area (Å²) in [7, 11) is 2.19. The van der Waals surface area contributed by atoms with Gasteiger partial charge in [-0.1, -0.05) is 0 Å². The van der Waals surface area contributed by atoms with E-state index in [9.17, 15) is 0 Å². The van der Waals surface area contributed by atoms with Crippen LogP contribution in [0, 0.1) is 13.8 Å². The molecule has 2 aliphatic heterocycles. The second-order valence-corrected chi connectivity index (χ2v) is 10.1. The Morgan fingerprint density at radius 1 is 1.00 bits per heavy atom. The minimum Gasteiger partial charge on any atom is -0.381 e. The predicted octanol–water partition coefficient (Wildman–Crippen LogP) is 4.66. The number of hydrogen-bond donors (Lipinski definition) is 1. The molecule has 35 heavy (non-hydrogen) atoms. The van der Waals surface area contributed by atoms with E-state index in [1.165, 1.54) is 11.1 Å². The summed E-state index contributed by atoms with van der Waals surface area (Å²) in [4.78, 5) is 10.6. The molecule has 4 aromatic rings. The van der Waals surface area contributed by atoms with E-state index in [1.54, 1.807) is 0 Å². The predicted molar refractivity (Wildman–Crippen MR) is 136 cm³/mol. The van der Waals surface area contributed by atoms with Crippen molar-refractivity contribution < 1.29 is 4.74 Å². The molecule has 0 bridgehead atoms. The molecule has 0 unspecified atom stereocenters. The van der Waals surface area contributed by atoms with Gasteiger partial charge in [-0.25, -0.2) is 0 Å². The van der Waals surface area contributed by atoms with E-state index in [0.29, 0.717) is 12.0 Å². The third-order valence-corrected chi connectivity index (χ3v) is 7.76. The Morgan fingerprint density at radius 3 is 2.57 bits per heavy atom. The molecule has 4 aromatic heterocycles. The zero-order valence-electron chi connectivity index (χ0n) is 20.8. The molecule has 2 aliphatic rings. The van der Waals surface area contributed by atoms with E-state index in [2.05, 4.69) is 64.0 Å². The molecule has 182 valence electrons. The number of ether oxygens (including phenoxy) is 1. The number of aromatic nitrogens is 6. The summed E-state index contributed by atoms with van der Waals surface area (Å²) in [5, 5.41) is 14.7. The normalized spacial score (nSPS) is 18.5. The number of aryl methyl sites for hydroxylation is 2. The van der Waals surface area contributed by atoms with E-state index >= 15 is 0 Å². The van der Waals surface area contributed by atoms with Crippen molar-refractivity contribution in [3.8, 4) is 22.5 Å². The number of pyridine rings is 1. The van der Waals surface area contributed by atoms with Crippen LogP contribution in [0.5, 0.6) is 0 Å². The van der Waals surface area contributed by atoms with Crippen molar-refractivity contribution in [1.29, 1.82) is 0 Å². The van der Waals surface area contributed by atoms with Crippen molar-refractivity contribution in [2.45, 2.75) is 51.5 Å². The fraction of sp³-hybridized carbons (Fsp3) is 0.481. The number of likely N-dealkylation sites (tertiary alicyclic amines) is 1. The summed E-state index contributed by atoms with van der Waals surface area (Å²) in [5.41, 5.74) is 8.38. The van der Waals surface area contributed by atoms with E-state index in [0.717, 1.165) is 91.2 Å². The van der Waals surface area contributed by atoms with Gasteiger partial charge in [0.2, 0.25) is 0 Å². The molecule has 2 fully saturated rings. The van der Waals surface area contributed by atoms with Crippen molar-refractivity contribution in [3.05, 3.63) is 47.5 Å². The van der Waals surface area contributed by atoms with Crippen LogP contribution in [0.15, 0.2) is 30.7 Å². The first-order valence-electron chi connectivity index (χ1n) is 12.7. The zero-order valence-corrected chi connectivity index (χ0v) is 20.8. The largest absolute Gasteiger partial charge is 0.381 e. The summed E-state index contributed by atoms with van der Waals surface area (Å²) < 4.78 is 7.70. The van der Waals surface area contributed by atoms with Gasteiger partial charge >= 0.3 is 0 Å². The average molecular weight is 472 g/mol. The van der Waals surface area contributed by atoms with Crippen LogP contribution in [0.2, 0.25) is 0 Å². The lowest BCUT2D eigenvalue weighted by molar-refractivity contribution is 0.0850. The quantitative estimate of drug-likeness (QED) is 0.466. The van der Waals surface area contributed by atoms with Crippen LogP contribution in [-0.2, 0) is 4.74 Å². The number of nitrogens with one attached hydrogen (secondary N) is 1. The molecule has 6 rings (SSSR count). The number of hydrogen-bond acceptors (Lipinski definition) is 6. The van der Waals surface area contributed by atoms with Gasteiger partial charge in [0, 0.05) is 47.8 Å². The molecule has 1 N–H and O–H groups in total. The van der Waals surface area contributed by atoms with Gasteiger partial charge in [-0.05, 0) is 88.8 Å². The molecule has 0 radical (unpaired) electrons. The summed E-state index contributed by atoms with van der Waals surface area (Å²) in [5.74, 6) is 0.524. The van der Waals surface area contributed by atoms with E-state index < -0.39 is 0 Å². The van der Waals surface area contributed by atoms with Crippen LogP contribution < -0.4 is 0 Å². The molecule has 0 saturated carbocycles. The van der Waals surface area contributed by atoms with Gasteiger partial charge in [0.15, 0.2) is 5.65 Å². The first-order valence-corrected chi connectivity index (χ1v) is 12.7. The minimum atomic E-state index is 0.463. The number of aromatic amines is 1. The second-order valence-electron chi connectivity index (χ2n) is 10.1. The van der Waals surface area contributed by atoms with Crippen molar-refractivity contribution >= 4 is 11.0 Å². The van der Waals surface area contributed by atoms with Gasteiger partial charge in [0.05, 0.1) is 17.9 Å². The summed E-state index contributed by atoms with van der Waals surface area (Å²) >= 11 is 0. The van der Waals surface area contributed by atoms with Crippen molar-refractivity contribution in [3.63, 3.8) is 0 Å². The van der Waals surface area contributed by atoms with Crippen LogP contribution in [0.25, 0.3) is 33.5 Å². The Kier molecular flexibility index (Phi) is 5.86. The molecular formula is C27H33N7O. The van der Waals surface area contributed by atoms with Gasteiger partial charge in [-0.2, -0.15) is 5.10 Å². The molecule has 6 heterocycles. The lowest BCUT2D eigenvalue weighted by atomic mass is 9.87. The molecule has 0 aromatic carbocycles. The molecule has 0 spiro atoms. The first-order chi connectivity index (χ1) is 17.1. The maximum Gasteiger partial charge on any atom is 0.160 e. The number of nitrogens with zero attached hydrogens (tertiary/aromatic N) is 6. The van der Waals surface area contributed by atoms with Crippen LogP contribution in [0.1, 0.15) is 54.5 Å². The highest BCUT2D eigenvalue weighted by Gasteiger charge is 2.22. The Labute approximate surface area is 205 Å². The summed E-state index contributed by atoms with van der Waals surface area (Å²) in [6.45, 7) is 8.20. The van der Waals surface area contributed by atoms with Crippen LogP contribution in [-0.4, -0.2) is 68.2 Å². The second kappa shape index (κ2) is 9.17. The molecule has 0 atom stereocenters. The molecule has 0 amide bonds. The number of H-pyrrole nitrogens is 1. The Morgan fingerprint density at radius 2 is 1.80 bits per heavy atom. The number of fused-ring (bicyclic) bond motifs is 1. The Bertz CT molecular complexity index is 1320. The summed E-state index contributed by atoms with van der Waals surface area (Å²) in [6, 6.07) is 4.74. The number of rotatable bonds is 4. The van der Waals surface area contributed by atoms with Crippen LogP contribution >= 0.6 is 0 Å². The Balaban J connectivity index is 1.32. The van der Waals surface area contributed by atoms with E-state index in [4.69, 9.17) is 14.8 Å². The third-order valence-electron chi connectivity index (χ3n) is 7.76. The molecule has 2 saturated heterocycles. The van der Waals surface area contributed by atoms with Gasteiger partial charge < -0.3 is 14.6 Å². The highest BCUT2D eigenvalue weighted by Crippen LogP contribution is 2.34. The van der Waals surface area contributed by atoms with E-state index in [1.807, 2.05) is 12.4 Å². The molecule has 0 aliphatic carbocycles. The van der Waals surface area contributed by atoms with Gasteiger partial charge in [-0.15, -0.1) is 10.2 Å². The van der Waals surface area contributed by atoms with Crippen molar-refractivity contribution in [1.82, 2.24) is 34.8 Å².